The molecular weight excluding hydrogens is 230 g/mol. The van der Waals surface area contributed by atoms with Crippen molar-refractivity contribution in [2.24, 2.45) is 5.73 Å². The van der Waals surface area contributed by atoms with Gasteiger partial charge in [-0.3, -0.25) is 4.79 Å². The topological polar surface area (TPSA) is 86.1 Å². The standard InChI is InChI=1S/C9H4ClN5O/c1-12-9-7-6(13-3-14-9)4(8(11)16)2-5(10)15-7/h1-3H,(H-,11,16)/p+1. The summed E-state index contributed by atoms with van der Waals surface area (Å²) < 4.78 is 0. The quantitative estimate of drug-likeness (QED) is 0.755. The van der Waals surface area contributed by atoms with E-state index < -0.39 is 5.91 Å². The number of fused-ring (bicyclic) bond motifs is 1. The Morgan fingerprint density at radius 3 is 2.81 bits per heavy atom. The minimum atomic E-state index is -0.657. The summed E-state index contributed by atoms with van der Waals surface area (Å²) >= 11 is 5.74. The van der Waals surface area contributed by atoms with Crippen LogP contribution in [0.5, 0.6) is 0 Å². The van der Waals surface area contributed by atoms with Gasteiger partial charge in [0.1, 0.15) is 17.2 Å². The lowest BCUT2D eigenvalue weighted by atomic mass is 10.2. The molecule has 0 aliphatic carbocycles. The van der Waals surface area contributed by atoms with Crippen LogP contribution in [0.1, 0.15) is 10.4 Å². The van der Waals surface area contributed by atoms with Gasteiger partial charge in [-0.05, 0) is 11.1 Å². The molecule has 0 fully saturated rings. The van der Waals surface area contributed by atoms with E-state index in [1.807, 2.05) is 0 Å². The Kier molecular flexibility index (Phi) is 2.38. The summed E-state index contributed by atoms with van der Waals surface area (Å²) in [5.74, 6) is -0.508. The number of halogens is 1. The van der Waals surface area contributed by atoms with Crippen molar-refractivity contribution in [1.29, 1.82) is 0 Å². The van der Waals surface area contributed by atoms with Crippen LogP contribution in [-0.2, 0) is 0 Å². The molecule has 0 atom stereocenters. The van der Waals surface area contributed by atoms with Gasteiger partial charge >= 0.3 is 5.82 Å². The Labute approximate surface area is 94.9 Å². The van der Waals surface area contributed by atoms with Gasteiger partial charge in [0, 0.05) is 0 Å². The minimum absolute atomic E-state index is 0.0981. The van der Waals surface area contributed by atoms with E-state index in [1.54, 1.807) is 0 Å². The summed E-state index contributed by atoms with van der Waals surface area (Å²) in [5.41, 5.74) is 5.86. The van der Waals surface area contributed by atoms with E-state index in [9.17, 15) is 4.79 Å². The number of aromatic nitrogens is 3. The molecule has 1 amide bonds. The molecule has 0 bridgehead atoms. The summed E-state index contributed by atoms with van der Waals surface area (Å²) in [5, 5.41) is 0.0981. The number of nitrogens with two attached hydrogens (primary N) is 1. The Morgan fingerprint density at radius 1 is 1.44 bits per heavy atom. The molecule has 0 radical (unpaired) electrons. The average Bonchev–Trinajstić information content (AvgIpc) is 2.27. The first-order valence-corrected chi connectivity index (χ1v) is 4.53. The summed E-state index contributed by atoms with van der Waals surface area (Å²) in [4.78, 5) is 26.2. The average molecular weight is 235 g/mol. The van der Waals surface area contributed by atoms with Crippen LogP contribution in [0.15, 0.2) is 12.4 Å². The third kappa shape index (κ3) is 1.53. The van der Waals surface area contributed by atoms with Gasteiger partial charge in [0.25, 0.3) is 5.91 Å². The van der Waals surface area contributed by atoms with E-state index in [4.69, 9.17) is 23.9 Å². The van der Waals surface area contributed by atoms with Crippen molar-refractivity contribution < 1.29 is 4.79 Å². The van der Waals surface area contributed by atoms with Gasteiger partial charge in [-0.2, -0.15) is 4.85 Å². The second-order valence-corrected chi connectivity index (χ2v) is 3.27. The van der Waals surface area contributed by atoms with Crippen LogP contribution in [-0.4, -0.2) is 20.9 Å². The highest BCUT2D eigenvalue weighted by Crippen LogP contribution is 2.24. The maximum absolute atomic E-state index is 11.2. The fraction of sp³-hybridized carbons (Fsp3) is 0. The number of nitrogens with zero attached hydrogens (tertiary/aromatic N) is 4. The first kappa shape index (κ1) is 10.3. The highest BCUT2D eigenvalue weighted by molar-refractivity contribution is 6.30. The zero-order valence-corrected chi connectivity index (χ0v) is 8.64. The monoisotopic (exact) mass is 234 g/mol. The molecule has 0 unspecified atom stereocenters. The van der Waals surface area contributed by atoms with Gasteiger partial charge in [-0.25, -0.2) is 9.97 Å². The van der Waals surface area contributed by atoms with E-state index in [1.165, 1.54) is 12.4 Å². The van der Waals surface area contributed by atoms with Crippen LogP contribution >= 0.6 is 11.6 Å². The highest BCUT2D eigenvalue weighted by atomic mass is 35.5. The van der Waals surface area contributed by atoms with Gasteiger partial charge < -0.3 is 5.73 Å². The molecule has 2 rings (SSSR count). The zero-order valence-electron chi connectivity index (χ0n) is 7.88. The number of hydrogen-bond donors (Lipinski definition) is 1. The van der Waals surface area contributed by atoms with E-state index in [0.717, 1.165) is 0 Å². The lowest BCUT2D eigenvalue weighted by molar-refractivity contribution is 0.100. The summed E-state index contributed by atoms with van der Waals surface area (Å²) in [7, 11) is 0. The second-order valence-electron chi connectivity index (χ2n) is 2.88. The Balaban J connectivity index is 2.95. The van der Waals surface area contributed by atoms with Crippen molar-refractivity contribution in [1.82, 2.24) is 15.0 Å². The van der Waals surface area contributed by atoms with Crippen LogP contribution in [0.4, 0.5) is 5.82 Å². The van der Waals surface area contributed by atoms with Gasteiger partial charge in [-0.15, -0.1) is 0 Å². The molecule has 16 heavy (non-hydrogen) atoms. The van der Waals surface area contributed by atoms with Crippen molar-refractivity contribution in [3.05, 3.63) is 28.0 Å². The molecule has 2 heterocycles. The predicted molar refractivity (Wildman–Crippen MR) is 58.8 cm³/mol. The minimum Gasteiger partial charge on any atom is -0.366 e. The highest BCUT2D eigenvalue weighted by Gasteiger charge is 2.19. The first-order chi connectivity index (χ1) is 7.63. The number of amides is 1. The SMILES string of the molecule is C#[N+]c1ncnc2c(C(N)=O)cc(Cl)nc12. The summed E-state index contributed by atoms with van der Waals surface area (Å²) in [6.45, 7) is 5.13. The molecule has 7 heteroatoms. The summed E-state index contributed by atoms with van der Waals surface area (Å²) in [6, 6.07) is 1.33. The molecule has 78 valence electrons. The van der Waals surface area contributed by atoms with Crippen LogP contribution in [0.2, 0.25) is 5.15 Å². The molecule has 2 N–H and O–H groups in total. The van der Waals surface area contributed by atoms with E-state index in [0.29, 0.717) is 0 Å². The number of pyridine rings is 1. The van der Waals surface area contributed by atoms with Crippen molar-refractivity contribution in [3.8, 4) is 6.57 Å². The smallest absolute Gasteiger partial charge is 0.366 e. The molecule has 0 aromatic carbocycles. The molecule has 6 nitrogen and oxygen atoms in total. The molecule has 0 saturated carbocycles. The molecular formula is C9H5ClN5O+. The van der Waals surface area contributed by atoms with Crippen molar-refractivity contribution in [2.75, 3.05) is 0 Å². The largest absolute Gasteiger partial charge is 0.454 e. The number of carbonyl (C=O) groups is 1. The molecule has 0 spiro atoms. The van der Waals surface area contributed by atoms with Crippen LogP contribution in [0.25, 0.3) is 15.9 Å². The number of hydrogen-bond acceptors (Lipinski definition) is 4. The van der Waals surface area contributed by atoms with Crippen LogP contribution < -0.4 is 5.73 Å². The molecule has 0 aliphatic heterocycles. The fourth-order valence-corrected chi connectivity index (χ4v) is 1.47. The van der Waals surface area contributed by atoms with Crippen molar-refractivity contribution in [2.45, 2.75) is 0 Å². The molecule has 2 aromatic heterocycles. The Morgan fingerprint density at radius 2 is 2.19 bits per heavy atom. The maximum Gasteiger partial charge on any atom is 0.454 e. The maximum atomic E-state index is 11.2. The molecule has 0 saturated heterocycles. The van der Waals surface area contributed by atoms with Gasteiger partial charge in [0.15, 0.2) is 0 Å². The van der Waals surface area contributed by atoms with E-state index in [2.05, 4.69) is 19.8 Å². The number of primary amides is 1. The Hall–Kier alpha value is -2.26. The summed E-state index contributed by atoms with van der Waals surface area (Å²) in [6.07, 6.45) is 1.22. The van der Waals surface area contributed by atoms with Crippen molar-refractivity contribution in [3.63, 3.8) is 0 Å². The van der Waals surface area contributed by atoms with Gasteiger partial charge in [0.2, 0.25) is 11.8 Å². The zero-order chi connectivity index (χ0) is 11.7. The first-order valence-electron chi connectivity index (χ1n) is 4.15. The number of rotatable bonds is 1. The van der Waals surface area contributed by atoms with Crippen LogP contribution in [0.3, 0.4) is 0 Å². The second kappa shape index (κ2) is 3.72. The number of carbonyl (C=O) groups excluding carboxylic acids is 1. The molecule has 0 aliphatic rings. The molecule has 2 aromatic rings. The lowest BCUT2D eigenvalue weighted by Crippen LogP contribution is -2.12. The van der Waals surface area contributed by atoms with E-state index >= 15 is 0 Å². The van der Waals surface area contributed by atoms with E-state index in [-0.39, 0.29) is 27.6 Å². The van der Waals surface area contributed by atoms with Gasteiger partial charge in [-0.1, -0.05) is 11.6 Å². The fourth-order valence-electron chi connectivity index (χ4n) is 1.28. The predicted octanol–water partition coefficient (Wildman–Crippen LogP) is 1.37. The lowest BCUT2D eigenvalue weighted by Gasteiger charge is -1.99. The van der Waals surface area contributed by atoms with Crippen LogP contribution in [0, 0.1) is 6.57 Å². The third-order valence-corrected chi connectivity index (χ3v) is 2.12. The third-order valence-electron chi connectivity index (χ3n) is 1.93. The van der Waals surface area contributed by atoms with Crippen molar-refractivity contribution >= 4 is 34.4 Å². The Bertz CT molecular complexity index is 634. The normalized spacial score (nSPS) is 10.0. The van der Waals surface area contributed by atoms with Gasteiger partial charge in [0.05, 0.1) is 5.56 Å².